The van der Waals surface area contributed by atoms with Gasteiger partial charge in [0.05, 0.1) is 18.6 Å². The number of ether oxygens (including phenoxy) is 4. The highest BCUT2D eigenvalue weighted by Crippen LogP contribution is 2.56. The van der Waals surface area contributed by atoms with Gasteiger partial charge in [-0.1, -0.05) is 36.4 Å². The summed E-state index contributed by atoms with van der Waals surface area (Å²) in [5.41, 5.74) is 0.408. The number of aromatic hydroxyl groups is 1. The maximum Gasteiger partial charge on any atom is 0.303 e. The Morgan fingerprint density at radius 1 is 1.19 bits per heavy atom. The predicted molar refractivity (Wildman–Crippen MR) is 112 cm³/mol. The van der Waals surface area contributed by atoms with Crippen molar-refractivity contribution in [3.8, 4) is 17.2 Å². The monoisotopic (exact) mass is 424 g/mol. The molecule has 0 unspecified atom stereocenters. The molecule has 0 amide bonds. The molecule has 1 N–H and O–H groups in total. The third kappa shape index (κ3) is 3.65. The van der Waals surface area contributed by atoms with E-state index < -0.39 is 35.7 Å². The molecule has 7 nitrogen and oxygen atoms in total. The number of ketones is 1. The number of carbonyl (C=O) groups excluding carboxylic acids is 2. The molecule has 2 aromatic rings. The summed E-state index contributed by atoms with van der Waals surface area (Å²) in [6.45, 7) is 4.89. The van der Waals surface area contributed by atoms with Gasteiger partial charge in [0.2, 0.25) is 6.29 Å². The van der Waals surface area contributed by atoms with E-state index in [2.05, 4.69) is 0 Å². The number of allylic oxidation sites excluding steroid dienone is 1. The van der Waals surface area contributed by atoms with Gasteiger partial charge in [-0.2, -0.15) is 0 Å². The molecule has 2 aliphatic heterocycles. The van der Waals surface area contributed by atoms with Crippen LogP contribution in [-0.4, -0.2) is 42.0 Å². The van der Waals surface area contributed by atoms with Crippen LogP contribution in [0.3, 0.4) is 0 Å². The molecule has 2 heterocycles. The lowest BCUT2D eigenvalue weighted by Crippen LogP contribution is -2.38. The zero-order valence-corrected chi connectivity index (χ0v) is 17.7. The lowest BCUT2D eigenvalue weighted by Gasteiger charge is -2.28. The van der Waals surface area contributed by atoms with Gasteiger partial charge >= 0.3 is 5.97 Å². The lowest BCUT2D eigenvalue weighted by atomic mass is 9.86. The van der Waals surface area contributed by atoms with Crippen LogP contribution in [0, 0.1) is 0 Å². The van der Waals surface area contributed by atoms with Crippen molar-refractivity contribution in [1.29, 1.82) is 0 Å². The molecular formula is C24H24O7. The number of methoxy groups -OCH3 is 1. The molecule has 0 aliphatic carbocycles. The van der Waals surface area contributed by atoms with Gasteiger partial charge in [0.15, 0.2) is 5.78 Å². The minimum Gasteiger partial charge on any atom is -0.507 e. The van der Waals surface area contributed by atoms with E-state index in [1.54, 1.807) is 26.0 Å². The van der Waals surface area contributed by atoms with E-state index in [0.717, 1.165) is 5.56 Å². The minimum atomic E-state index is -0.831. The van der Waals surface area contributed by atoms with Crippen molar-refractivity contribution in [1.82, 2.24) is 0 Å². The van der Waals surface area contributed by atoms with Crippen molar-refractivity contribution >= 4 is 17.8 Å². The van der Waals surface area contributed by atoms with Crippen LogP contribution in [0.25, 0.3) is 6.08 Å². The molecule has 0 bridgehead atoms. The van der Waals surface area contributed by atoms with E-state index >= 15 is 0 Å². The standard InChI is InChI=1S/C24H24O7/c1-13(25)29-22-20-19-17(30-23(20)31-24(22,2)3)12-16(28-4)18(21(19)27)15(26)11-10-14-8-6-5-7-9-14/h5-12,20,22-23,27H,1-4H3/b11-10+/t20-,22-,23+/m0/s1. The number of fused-ring (bicyclic) bond motifs is 3. The summed E-state index contributed by atoms with van der Waals surface area (Å²) < 4.78 is 22.7. The van der Waals surface area contributed by atoms with E-state index in [-0.39, 0.29) is 17.1 Å². The van der Waals surface area contributed by atoms with Crippen LogP contribution in [0.15, 0.2) is 42.5 Å². The molecule has 2 aliphatic rings. The number of hydrogen-bond acceptors (Lipinski definition) is 7. The van der Waals surface area contributed by atoms with Crippen molar-refractivity contribution in [2.75, 3.05) is 7.11 Å². The fourth-order valence-electron chi connectivity index (χ4n) is 4.19. The van der Waals surface area contributed by atoms with Gasteiger partial charge < -0.3 is 24.1 Å². The molecule has 0 aromatic heterocycles. The van der Waals surface area contributed by atoms with E-state index in [1.165, 1.54) is 20.1 Å². The Labute approximate surface area is 180 Å². The summed E-state index contributed by atoms with van der Waals surface area (Å²) in [4.78, 5) is 24.7. The smallest absolute Gasteiger partial charge is 0.303 e. The molecule has 0 saturated carbocycles. The van der Waals surface area contributed by atoms with Crippen molar-refractivity contribution in [2.45, 2.75) is 44.7 Å². The first-order valence-electron chi connectivity index (χ1n) is 9.96. The van der Waals surface area contributed by atoms with Crippen molar-refractivity contribution in [3.63, 3.8) is 0 Å². The number of hydrogen-bond donors (Lipinski definition) is 1. The Morgan fingerprint density at radius 3 is 2.55 bits per heavy atom. The summed E-state index contributed by atoms with van der Waals surface area (Å²) in [6, 6.07) is 10.9. The lowest BCUT2D eigenvalue weighted by molar-refractivity contribution is -0.159. The van der Waals surface area contributed by atoms with Crippen LogP contribution in [-0.2, 0) is 14.3 Å². The van der Waals surface area contributed by atoms with Crippen LogP contribution in [0.1, 0.15) is 48.2 Å². The molecule has 1 fully saturated rings. The van der Waals surface area contributed by atoms with Crippen LogP contribution in [0.2, 0.25) is 0 Å². The Bertz CT molecular complexity index is 1060. The zero-order valence-electron chi connectivity index (χ0n) is 17.7. The molecule has 0 radical (unpaired) electrons. The Balaban J connectivity index is 1.77. The van der Waals surface area contributed by atoms with Crippen LogP contribution in [0.5, 0.6) is 17.2 Å². The number of phenols is 1. The topological polar surface area (TPSA) is 91.3 Å². The molecule has 7 heteroatoms. The predicted octanol–water partition coefficient (Wildman–Crippen LogP) is 3.84. The molecule has 31 heavy (non-hydrogen) atoms. The number of benzene rings is 2. The van der Waals surface area contributed by atoms with Crippen LogP contribution >= 0.6 is 0 Å². The maximum absolute atomic E-state index is 13.0. The van der Waals surface area contributed by atoms with Gasteiger partial charge in [-0.3, -0.25) is 9.59 Å². The highest BCUT2D eigenvalue weighted by molar-refractivity contribution is 6.11. The fraction of sp³-hybridized carbons (Fsp3) is 0.333. The van der Waals surface area contributed by atoms with Gasteiger partial charge in [0, 0.05) is 13.0 Å². The zero-order chi connectivity index (χ0) is 22.3. The molecule has 2 aromatic carbocycles. The normalized spacial score (nSPS) is 23.2. The van der Waals surface area contributed by atoms with Gasteiger partial charge in [-0.25, -0.2) is 0 Å². The Kier molecular flexibility index (Phi) is 5.23. The molecule has 1 saturated heterocycles. The molecule has 4 rings (SSSR count). The number of rotatable bonds is 5. The Morgan fingerprint density at radius 2 is 1.90 bits per heavy atom. The quantitative estimate of drug-likeness (QED) is 0.443. The Hall–Kier alpha value is -3.32. The van der Waals surface area contributed by atoms with Crippen LogP contribution < -0.4 is 9.47 Å². The highest BCUT2D eigenvalue weighted by atomic mass is 16.7. The largest absolute Gasteiger partial charge is 0.507 e. The van der Waals surface area contributed by atoms with Crippen LogP contribution in [0.4, 0.5) is 0 Å². The molecule has 0 spiro atoms. The van der Waals surface area contributed by atoms with Gasteiger partial charge in [-0.05, 0) is 25.5 Å². The average molecular weight is 424 g/mol. The van der Waals surface area contributed by atoms with Crippen molar-refractivity contribution in [2.24, 2.45) is 0 Å². The van der Waals surface area contributed by atoms with Gasteiger partial charge in [0.1, 0.15) is 34.5 Å². The first kappa shape index (κ1) is 20.9. The number of phenolic OH excluding ortho intramolecular Hbond substituents is 1. The number of carbonyl (C=O) groups is 2. The minimum absolute atomic E-state index is 0.0176. The highest BCUT2D eigenvalue weighted by Gasteiger charge is 2.58. The van der Waals surface area contributed by atoms with Crippen molar-refractivity contribution in [3.05, 3.63) is 59.2 Å². The van der Waals surface area contributed by atoms with E-state index in [9.17, 15) is 14.7 Å². The van der Waals surface area contributed by atoms with Gasteiger partial charge in [-0.15, -0.1) is 0 Å². The second kappa shape index (κ2) is 7.74. The molecular weight excluding hydrogens is 400 g/mol. The molecule has 3 atom stereocenters. The fourth-order valence-corrected chi connectivity index (χ4v) is 4.19. The summed E-state index contributed by atoms with van der Waals surface area (Å²) in [7, 11) is 1.41. The first-order chi connectivity index (χ1) is 14.7. The summed E-state index contributed by atoms with van der Waals surface area (Å²) in [5, 5.41) is 11.1. The second-order valence-electron chi connectivity index (χ2n) is 8.09. The SMILES string of the molecule is COc1cc2c(c(O)c1C(=O)/C=C/c1ccccc1)[C@@H]1[C@H](O2)OC(C)(C)[C@H]1OC(C)=O. The molecule has 162 valence electrons. The summed E-state index contributed by atoms with van der Waals surface area (Å²) in [5.74, 6) is -1.21. The third-order valence-electron chi connectivity index (χ3n) is 5.55. The van der Waals surface area contributed by atoms with Gasteiger partial charge in [0.25, 0.3) is 0 Å². The van der Waals surface area contributed by atoms with E-state index in [0.29, 0.717) is 11.3 Å². The average Bonchev–Trinajstić information content (AvgIpc) is 3.18. The number of esters is 1. The maximum atomic E-state index is 13.0. The van der Waals surface area contributed by atoms with E-state index in [4.69, 9.17) is 18.9 Å². The summed E-state index contributed by atoms with van der Waals surface area (Å²) in [6.07, 6.45) is 1.59. The summed E-state index contributed by atoms with van der Waals surface area (Å²) >= 11 is 0. The first-order valence-corrected chi connectivity index (χ1v) is 9.96. The van der Waals surface area contributed by atoms with Crippen molar-refractivity contribution < 1.29 is 33.6 Å². The second-order valence-corrected chi connectivity index (χ2v) is 8.09. The van der Waals surface area contributed by atoms with E-state index in [1.807, 2.05) is 30.3 Å². The third-order valence-corrected chi connectivity index (χ3v) is 5.55.